The van der Waals surface area contributed by atoms with Crippen molar-refractivity contribution in [3.05, 3.63) is 59.9 Å². The van der Waals surface area contributed by atoms with E-state index in [2.05, 4.69) is 20.4 Å². The van der Waals surface area contributed by atoms with E-state index in [-0.39, 0.29) is 41.7 Å². The number of ether oxygens (including phenoxy) is 1. The van der Waals surface area contributed by atoms with E-state index in [1.165, 1.54) is 23.3 Å². The van der Waals surface area contributed by atoms with Crippen LogP contribution in [0.15, 0.2) is 46.9 Å². The third-order valence-electron chi connectivity index (χ3n) is 5.88. The first kappa shape index (κ1) is 21.0. The van der Waals surface area contributed by atoms with Gasteiger partial charge in [0.05, 0.1) is 12.5 Å². The number of hydrogen-bond donors (Lipinski definition) is 0. The third kappa shape index (κ3) is 4.01. The molecule has 4 heterocycles. The van der Waals surface area contributed by atoms with Gasteiger partial charge in [0.25, 0.3) is 5.91 Å². The van der Waals surface area contributed by atoms with Gasteiger partial charge < -0.3 is 14.1 Å². The van der Waals surface area contributed by atoms with Crippen LogP contribution in [0.5, 0.6) is 0 Å². The molecule has 0 spiro atoms. The van der Waals surface area contributed by atoms with Crippen LogP contribution in [0, 0.1) is 5.82 Å². The lowest BCUT2D eigenvalue weighted by Crippen LogP contribution is -2.47. The number of amides is 1. The van der Waals surface area contributed by atoms with Crippen LogP contribution in [0.25, 0.3) is 11.3 Å². The molecule has 2 aromatic heterocycles. The van der Waals surface area contributed by atoms with Crippen LogP contribution in [0.2, 0.25) is 0 Å². The quantitative estimate of drug-likeness (QED) is 0.543. The Morgan fingerprint density at radius 1 is 1.21 bits per heavy atom. The number of aryl methyl sites for hydroxylation is 1. The highest BCUT2D eigenvalue weighted by Gasteiger charge is 2.42. The second-order valence-electron chi connectivity index (χ2n) is 7.99. The van der Waals surface area contributed by atoms with E-state index in [1.807, 2.05) is 0 Å². The smallest absolute Gasteiger partial charge is 0.314 e. The summed E-state index contributed by atoms with van der Waals surface area (Å²) in [6, 6.07) is 5.37. The van der Waals surface area contributed by atoms with E-state index in [4.69, 9.17) is 9.15 Å². The Kier molecular flexibility index (Phi) is 5.45. The van der Waals surface area contributed by atoms with Gasteiger partial charge in [0.2, 0.25) is 12.3 Å². The number of cyclic esters (lactones) is 1. The fraction of sp³-hybridized carbons (Fsp3) is 0.364. The summed E-state index contributed by atoms with van der Waals surface area (Å²) in [6.07, 6.45) is 5.40. The first-order chi connectivity index (χ1) is 16.0. The van der Waals surface area contributed by atoms with Gasteiger partial charge >= 0.3 is 5.97 Å². The number of carbonyl (C=O) groups is 2. The van der Waals surface area contributed by atoms with E-state index in [9.17, 15) is 14.0 Å². The SMILES string of the molecule is Cn1nc(C(=O)N2CCCCC2C(C2=CCC(=O)O2)c2nnco2)c(-c2ccc(F)cc2)n1. The van der Waals surface area contributed by atoms with Crippen molar-refractivity contribution >= 4 is 11.9 Å². The van der Waals surface area contributed by atoms with Crippen molar-refractivity contribution in [1.82, 2.24) is 30.1 Å². The monoisotopic (exact) mass is 452 g/mol. The second-order valence-corrected chi connectivity index (χ2v) is 7.99. The summed E-state index contributed by atoms with van der Waals surface area (Å²) in [5.41, 5.74) is 1.12. The molecule has 11 heteroatoms. The molecular weight excluding hydrogens is 431 g/mol. The zero-order valence-electron chi connectivity index (χ0n) is 17.8. The highest BCUT2D eigenvalue weighted by Crippen LogP contribution is 2.38. The van der Waals surface area contributed by atoms with Crippen molar-refractivity contribution in [2.75, 3.05) is 6.54 Å². The molecule has 33 heavy (non-hydrogen) atoms. The van der Waals surface area contributed by atoms with Gasteiger partial charge in [-0.3, -0.25) is 9.59 Å². The Bertz CT molecular complexity index is 1200. The maximum absolute atomic E-state index is 13.8. The molecule has 3 aromatic rings. The Morgan fingerprint density at radius 3 is 2.73 bits per heavy atom. The van der Waals surface area contributed by atoms with Crippen LogP contribution in [0.1, 0.15) is 48.0 Å². The molecule has 1 aromatic carbocycles. The van der Waals surface area contributed by atoms with Crippen LogP contribution in [0.4, 0.5) is 4.39 Å². The molecule has 0 bridgehead atoms. The molecule has 0 N–H and O–H groups in total. The molecule has 1 saturated heterocycles. The fourth-order valence-electron chi connectivity index (χ4n) is 4.43. The average Bonchev–Trinajstić information content (AvgIpc) is 3.57. The predicted molar refractivity (Wildman–Crippen MR) is 111 cm³/mol. The Balaban J connectivity index is 1.52. The molecule has 0 saturated carbocycles. The Hall–Kier alpha value is -3.89. The lowest BCUT2D eigenvalue weighted by atomic mass is 9.88. The third-order valence-corrected chi connectivity index (χ3v) is 5.88. The fourth-order valence-corrected chi connectivity index (χ4v) is 4.43. The number of piperidine rings is 1. The predicted octanol–water partition coefficient (Wildman–Crippen LogP) is 2.61. The average molecular weight is 452 g/mol. The first-order valence-corrected chi connectivity index (χ1v) is 10.7. The van der Waals surface area contributed by atoms with Crippen LogP contribution in [0.3, 0.4) is 0 Å². The number of rotatable bonds is 5. The minimum Gasteiger partial charge on any atom is -0.430 e. The number of halogens is 1. The molecule has 1 amide bonds. The van der Waals surface area contributed by atoms with Crippen LogP contribution in [-0.2, 0) is 16.6 Å². The highest BCUT2D eigenvalue weighted by molar-refractivity contribution is 5.98. The van der Waals surface area contributed by atoms with Gasteiger partial charge in [-0.1, -0.05) is 0 Å². The molecule has 170 valence electrons. The molecule has 0 aliphatic carbocycles. The van der Waals surface area contributed by atoms with E-state index in [0.717, 1.165) is 12.8 Å². The summed E-state index contributed by atoms with van der Waals surface area (Å²) >= 11 is 0. The molecule has 1 fully saturated rings. The van der Waals surface area contributed by atoms with E-state index < -0.39 is 5.92 Å². The van der Waals surface area contributed by atoms with Crippen molar-refractivity contribution in [2.45, 2.75) is 37.6 Å². The van der Waals surface area contributed by atoms with E-state index >= 15 is 0 Å². The summed E-state index contributed by atoms with van der Waals surface area (Å²) in [6.45, 7) is 0.481. The first-order valence-electron chi connectivity index (χ1n) is 10.7. The van der Waals surface area contributed by atoms with Crippen LogP contribution >= 0.6 is 0 Å². The number of esters is 1. The second kappa shape index (κ2) is 8.57. The summed E-state index contributed by atoms with van der Waals surface area (Å²) in [5.74, 6) is -0.953. The van der Waals surface area contributed by atoms with Gasteiger partial charge in [0, 0.05) is 19.2 Å². The number of benzene rings is 1. The summed E-state index contributed by atoms with van der Waals surface area (Å²) < 4.78 is 24.3. The molecule has 0 radical (unpaired) electrons. The number of hydrogen-bond acceptors (Lipinski definition) is 8. The minimum absolute atomic E-state index is 0.152. The number of carbonyl (C=O) groups excluding carboxylic acids is 2. The largest absolute Gasteiger partial charge is 0.430 e. The highest BCUT2D eigenvalue weighted by atomic mass is 19.1. The number of aromatic nitrogens is 5. The van der Waals surface area contributed by atoms with Crippen LogP contribution < -0.4 is 0 Å². The van der Waals surface area contributed by atoms with Gasteiger partial charge in [-0.15, -0.1) is 15.3 Å². The van der Waals surface area contributed by atoms with Crippen molar-refractivity contribution in [1.29, 1.82) is 0 Å². The van der Waals surface area contributed by atoms with Crippen molar-refractivity contribution in [3.63, 3.8) is 0 Å². The maximum Gasteiger partial charge on any atom is 0.314 e. The lowest BCUT2D eigenvalue weighted by molar-refractivity contribution is -0.137. The topological polar surface area (TPSA) is 116 Å². The zero-order valence-corrected chi connectivity index (χ0v) is 17.8. The van der Waals surface area contributed by atoms with Gasteiger partial charge in [0.15, 0.2) is 5.69 Å². The molecule has 5 rings (SSSR count). The Morgan fingerprint density at radius 2 is 2.03 bits per heavy atom. The Labute approximate surface area is 188 Å². The zero-order chi connectivity index (χ0) is 22.9. The lowest BCUT2D eigenvalue weighted by Gasteiger charge is -2.38. The molecule has 2 atom stereocenters. The summed E-state index contributed by atoms with van der Waals surface area (Å²) in [7, 11) is 1.63. The number of nitrogens with zero attached hydrogens (tertiary/aromatic N) is 6. The van der Waals surface area contributed by atoms with Gasteiger partial charge in [-0.05, 0) is 49.6 Å². The minimum atomic E-state index is -0.575. The molecule has 2 aliphatic heterocycles. The molecular formula is C22H21FN6O4. The molecule has 2 aliphatic rings. The van der Waals surface area contributed by atoms with Gasteiger partial charge in [-0.25, -0.2) is 4.39 Å². The molecule has 2 unspecified atom stereocenters. The van der Waals surface area contributed by atoms with Gasteiger partial charge in [0.1, 0.15) is 23.2 Å². The van der Waals surface area contributed by atoms with Gasteiger partial charge in [-0.2, -0.15) is 9.90 Å². The van der Waals surface area contributed by atoms with Crippen molar-refractivity contribution in [2.24, 2.45) is 7.05 Å². The number of likely N-dealkylation sites (tertiary alicyclic amines) is 1. The summed E-state index contributed by atoms with van der Waals surface area (Å²) in [5, 5.41) is 16.5. The maximum atomic E-state index is 13.8. The van der Waals surface area contributed by atoms with Crippen molar-refractivity contribution < 1.29 is 23.1 Å². The summed E-state index contributed by atoms with van der Waals surface area (Å²) in [4.78, 5) is 28.6. The standard InChI is InChI=1S/C22H21FN6O4/c1-28-26-19(13-5-7-14(23)8-6-13)20(27-28)22(31)29-11-3-2-4-15(29)18(21-25-24-12-32-21)16-9-10-17(30)33-16/h5-9,12,15,18H,2-4,10-11H2,1H3. The van der Waals surface area contributed by atoms with Crippen molar-refractivity contribution in [3.8, 4) is 11.3 Å². The van der Waals surface area contributed by atoms with E-state index in [1.54, 1.807) is 30.2 Å². The van der Waals surface area contributed by atoms with Crippen LogP contribution in [-0.4, -0.2) is 54.6 Å². The van der Waals surface area contributed by atoms with E-state index in [0.29, 0.717) is 30.0 Å². The molecule has 10 nitrogen and oxygen atoms in total. The normalized spacial score (nSPS) is 19.3.